The first-order valence-electron chi connectivity index (χ1n) is 8.69. The molecule has 6 nitrogen and oxygen atoms in total. The minimum Gasteiger partial charge on any atom is -0.388 e. The van der Waals surface area contributed by atoms with Crippen molar-refractivity contribution < 1.29 is 9.90 Å². The molecule has 2 amide bonds. The van der Waals surface area contributed by atoms with Crippen LogP contribution in [0.2, 0.25) is 0 Å². The highest BCUT2D eigenvalue weighted by Gasteiger charge is 2.21. The van der Waals surface area contributed by atoms with Crippen molar-refractivity contribution in [2.24, 2.45) is 5.92 Å². The third-order valence-corrected chi connectivity index (χ3v) is 4.00. The Hall–Kier alpha value is -2.34. The summed E-state index contributed by atoms with van der Waals surface area (Å²) >= 11 is 0. The van der Waals surface area contributed by atoms with E-state index in [1.165, 1.54) is 0 Å². The quantitative estimate of drug-likeness (QED) is 0.689. The van der Waals surface area contributed by atoms with Crippen molar-refractivity contribution in [3.05, 3.63) is 48.3 Å². The molecule has 0 aliphatic heterocycles. The number of aliphatic hydroxyl groups is 1. The molecule has 0 saturated heterocycles. The molecule has 0 aliphatic carbocycles. The Morgan fingerprint density at radius 2 is 2.00 bits per heavy atom. The van der Waals surface area contributed by atoms with Crippen LogP contribution in [0.15, 0.2) is 42.7 Å². The van der Waals surface area contributed by atoms with Gasteiger partial charge in [-0.05, 0) is 37.8 Å². The highest BCUT2D eigenvalue weighted by atomic mass is 16.3. The van der Waals surface area contributed by atoms with Crippen molar-refractivity contribution in [2.45, 2.75) is 45.8 Å². The molecule has 0 bridgehead atoms. The summed E-state index contributed by atoms with van der Waals surface area (Å²) in [5.74, 6) is 0.529. The SMILES string of the molecule is CC(C)CCC(C)(O)CNC(=O)NCc1cnn(-c2ccccc2)c1. The van der Waals surface area contributed by atoms with E-state index in [0.717, 1.165) is 17.7 Å². The number of para-hydroxylation sites is 1. The molecule has 25 heavy (non-hydrogen) atoms. The largest absolute Gasteiger partial charge is 0.388 e. The predicted octanol–water partition coefficient (Wildman–Crippen LogP) is 2.86. The lowest BCUT2D eigenvalue weighted by Gasteiger charge is -2.24. The van der Waals surface area contributed by atoms with Gasteiger partial charge in [-0.25, -0.2) is 9.48 Å². The van der Waals surface area contributed by atoms with Crippen LogP contribution in [-0.4, -0.2) is 33.1 Å². The van der Waals surface area contributed by atoms with Crippen LogP contribution in [-0.2, 0) is 6.54 Å². The Bertz CT molecular complexity index is 665. The minimum atomic E-state index is -0.889. The third-order valence-electron chi connectivity index (χ3n) is 4.00. The van der Waals surface area contributed by atoms with E-state index in [1.54, 1.807) is 17.8 Å². The van der Waals surface area contributed by atoms with E-state index >= 15 is 0 Å². The van der Waals surface area contributed by atoms with Gasteiger partial charge in [0, 0.05) is 24.8 Å². The van der Waals surface area contributed by atoms with Gasteiger partial charge in [0.2, 0.25) is 0 Å². The summed E-state index contributed by atoms with van der Waals surface area (Å²) in [5, 5.41) is 20.1. The zero-order valence-corrected chi connectivity index (χ0v) is 15.2. The van der Waals surface area contributed by atoms with E-state index < -0.39 is 5.60 Å². The number of amides is 2. The van der Waals surface area contributed by atoms with Crippen molar-refractivity contribution in [1.29, 1.82) is 0 Å². The molecule has 1 unspecified atom stereocenters. The van der Waals surface area contributed by atoms with E-state index in [0.29, 0.717) is 18.9 Å². The molecule has 1 atom stereocenters. The Balaban J connectivity index is 1.76. The molecule has 0 spiro atoms. The fourth-order valence-corrected chi connectivity index (χ4v) is 2.38. The molecule has 0 fully saturated rings. The molecular formula is C19H28N4O2. The molecular weight excluding hydrogens is 316 g/mol. The molecule has 0 radical (unpaired) electrons. The first-order chi connectivity index (χ1) is 11.9. The lowest BCUT2D eigenvalue weighted by molar-refractivity contribution is 0.0476. The maximum atomic E-state index is 11.9. The second-order valence-electron chi connectivity index (χ2n) is 7.09. The van der Waals surface area contributed by atoms with Crippen LogP contribution in [0.25, 0.3) is 5.69 Å². The number of aromatic nitrogens is 2. The van der Waals surface area contributed by atoms with Gasteiger partial charge < -0.3 is 15.7 Å². The van der Waals surface area contributed by atoms with E-state index in [9.17, 15) is 9.90 Å². The maximum Gasteiger partial charge on any atom is 0.315 e. The highest BCUT2D eigenvalue weighted by Crippen LogP contribution is 2.15. The number of urea groups is 1. The Kier molecular flexibility index (Phi) is 6.58. The second kappa shape index (κ2) is 8.67. The van der Waals surface area contributed by atoms with Gasteiger partial charge in [-0.1, -0.05) is 32.0 Å². The first kappa shape index (κ1) is 19.0. The van der Waals surface area contributed by atoms with E-state index in [2.05, 4.69) is 29.6 Å². The number of hydrogen-bond donors (Lipinski definition) is 3. The molecule has 1 heterocycles. The summed E-state index contributed by atoms with van der Waals surface area (Å²) in [6.45, 7) is 6.60. The molecule has 0 aliphatic rings. The summed E-state index contributed by atoms with van der Waals surface area (Å²) < 4.78 is 1.77. The predicted molar refractivity (Wildman–Crippen MR) is 98.5 cm³/mol. The van der Waals surface area contributed by atoms with E-state index in [-0.39, 0.29) is 12.6 Å². The molecule has 1 aromatic heterocycles. The minimum absolute atomic E-state index is 0.231. The van der Waals surface area contributed by atoms with Gasteiger partial charge in [0.1, 0.15) is 0 Å². The molecule has 2 rings (SSSR count). The number of benzene rings is 1. The van der Waals surface area contributed by atoms with Crippen molar-refractivity contribution in [2.75, 3.05) is 6.54 Å². The lowest BCUT2D eigenvalue weighted by atomic mass is 9.95. The van der Waals surface area contributed by atoms with Crippen LogP contribution in [0, 0.1) is 5.92 Å². The van der Waals surface area contributed by atoms with Gasteiger partial charge in [-0.15, -0.1) is 0 Å². The molecule has 1 aromatic carbocycles. The summed E-state index contributed by atoms with van der Waals surface area (Å²) in [7, 11) is 0. The number of hydrogen-bond acceptors (Lipinski definition) is 3. The van der Waals surface area contributed by atoms with Crippen LogP contribution in [0.3, 0.4) is 0 Å². The molecule has 6 heteroatoms. The van der Waals surface area contributed by atoms with Gasteiger partial charge in [-0.2, -0.15) is 5.10 Å². The topological polar surface area (TPSA) is 79.2 Å². The summed E-state index contributed by atoms with van der Waals surface area (Å²) in [6.07, 6.45) is 5.20. The van der Waals surface area contributed by atoms with Gasteiger partial charge in [0.15, 0.2) is 0 Å². The number of nitrogens with one attached hydrogen (secondary N) is 2. The van der Waals surface area contributed by atoms with E-state index in [4.69, 9.17) is 0 Å². The number of carbonyl (C=O) groups is 1. The number of rotatable bonds is 8. The van der Waals surface area contributed by atoms with Crippen LogP contribution in [0.1, 0.15) is 39.2 Å². The number of carbonyl (C=O) groups excluding carboxylic acids is 1. The van der Waals surface area contributed by atoms with Gasteiger partial charge in [0.05, 0.1) is 17.5 Å². The Morgan fingerprint density at radius 3 is 2.68 bits per heavy atom. The van der Waals surface area contributed by atoms with Gasteiger partial charge >= 0.3 is 6.03 Å². The van der Waals surface area contributed by atoms with Crippen molar-refractivity contribution in [1.82, 2.24) is 20.4 Å². The van der Waals surface area contributed by atoms with Crippen molar-refractivity contribution in [3.63, 3.8) is 0 Å². The summed E-state index contributed by atoms with van der Waals surface area (Å²) in [5.41, 5.74) is 0.991. The fraction of sp³-hybridized carbons (Fsp3) is 0.474. The maximum absolute atomic E-state index is 11.9. The van der Waals surface area contributed by atoms with Crippen molar-refractivity contribution >= 4 is 6.03 Å². The monoisotopic (exact) mass is 344 g/mol. The number of nitrogens with zero attached hydrogens (tertiary/aromatic N) is 2. The normalized spacial score (nSPS) is 13.5. The average molecular weight is 344 g/mol. The first-order valence-corrected chi connectivity index (χ1v) is 8.69. The van der Waals surface area contributed by atoms with Crippen LogP contribution >= 0.6 is 0 Å². The molecule has 136 valence electrons. The van der Waals surface area contributed by atoms with Crippen molar-refractivity contribution in [3.8, 4) is 5.69 Å². The second-order valence-corrected chi connectivity index (χ2v) is 7.09. The van der Waals surface area contributed by atoms with Crippen LogP contribution in [0.5, 0.6) is 0 Å². The van der Waals surface area contributed by atoms with E-state index in [1.807, 2.05) is 36.5 Å². The third kappa shape index (κ3) is 6.58. The Morgan fingerprint density at radius 1 is 1.28 bits per heavy atom. The van der Waals surface area contributed by atoms with Crippen LogP contribution < -0.4 is 10.6 Å². The molecule has 0 saturated carbocycles. The molecule has 2 aromatic rings. The average Bonchev–Trinajstić information content (AvgIpc) is 3.06. The lowest BCUT2D eigenvalue weighted by Crippen LogP contribution is -2.44. The molecule has 3 N–H and O–H groups in total. The standard InChI is InChI=1S/C19H28N4O2/c1-15(2)9-10-19(3,25)14-21-18(24)20-11-16-12-22-23(13-16)17-7-5-4-6-8-17/h4-8,12-13,15,25H,9-11,14H2,1-3H3,(H2,20,21,24). The zero-order chi connectivity index (χ0) is 18.3. The highest BCUT2D eigenvalue weighted by molar-refractivity contribution is 5.73. The zero-order valence-electron chi connectivity index (χ0n) is 15.2. The smallest absolute Gasteiger partial charge is 0.315 e. The summed E-state index contributed by atoms with van der Waals surface area (Å²) in [4.78, 5) is 11.9. The van der Waals surface area contributed by atoms with Crippen LogP contribution in [0.4, 0.5) is 4.79 Å². The van der Waals surface area contributed by atoms with Gasteiger partial charge in [-0.3, -0.25) is 0 Å². The summed E-state index contributed by atoms with van der Waals surface area (Å²) in [6, 6.07) is 9.50. The Labute approximate surface area is 149 Å². The fourth-order valence-electron chi connectivity index (χ4n) is 2.38. The van der Waals surface area contributed by atoms with Gasteiger partial charge in [0.25, 0.3) is 0 Å².